The first-order chi connectivity index (χ1) is 12.9. The van der Waals surface area contributed by atoms with Gasteiger partial charge in [0.2, 0.25) is 5.89 Å². The minimum atomic E-state index is 0.0815. The van der Waals surface area contributed by atoms with E-state index >= 15 is 0 Å². The molecule has 0 saturated carbocycles. The van der Waals surface area contributed by atoms with Crippen molar-refractivity contribution in [3.63, 3.8) is 0 Å². The second-order valence-electron chi connectivity index (χ2n) is 6.94. The number of benzene rings is 2. The van der Waals surface area contributed by atoms with Gasteiger partial charge in [-0.15, -0.1) is 10.2 Å². The Hall–Kier alpha value is -2.40. The van der Waals surface area contributed by atoms with Gasteiger partial charge >= 0.3 is 0 Å². The first-order valence-corrected chi connectivity index (χ1v) is 10.0. The van der Waals surface area contributed by atoms with Crippen LogP contribution in [0.4, 0.5) is 0 Å². The van der Waals surface area contributed by atoms with Crippen molar-refractivity contribution in [1.82, 2.24) is 10.2 Å². The van der Waals surface area contributed by atoms with E-state index in [1.807, 2.05) is 38.1 Å². The molecule has 3 rings (SSSR count). The summed E-state index contributed by atoms with van der Waals surface area (Å²) in [4.78, 5) is 12.6. The zero-order valence-electron chi connectivity index (χ0n) is 16.2. The van der Waals surface area contributed by atoms with Crippen LogP contribution in [0.2, 0.25) is 0 Å². The van der Waals surface area contributed by atoms with Crippen LogP contribution in [-0.4, -0.2) is 21.7 Å². The molecule has 4 nitrogen and oxygen atoms in total. The highest BCUT2D eigenvalue weighted by molar-refractivity contribution is 7.99. The molecule has 0 saturated heterocycles. The van der Waals surface area contributed by atoms with Crippen molar-refractivity contribution < 1.29 is 9.21 Å². The Morgan fingerprint density at radius 3 is 2.48 bits per heavy atom. The summed E-state index contributed by atoms with van der Waals surface area (Å²) in [5, 5.41) is 8.65. The summed E-state index contributed by atoms with van der Waals surface area (Å²) in [5.74, 6) is 1.27. The Morgan fingerprint density at radius 1 is 1.04 bits per heavy atom. The monoisotopic (exact) mass is 380 g/mol. The summed E-state index contributed by atoms with van der Waals surface area (Å²) in [6.07, 6.45) is 0.682. The van der Waals surface area contributed by atoms with Crippen LogP contribution in [0.25, 0.3) is 0 Å². The number of Topliss-reactive ketones (excluding diaryl/α,β-unsaturated/α-hetero) is 1. The zero-order chi connectivity index (χ0) is 19.4. The second kappa shape index (κ2) is 8.53. The van der Waals surface area contributed by atoms with E-state index in [1.165, 1.54) is 22.9 Å². The van der Waals surface area contributed by atoms with Crippen LogP contribution in [0.3, 0.4) is 0 Å². The lowest BCUT2D eigenvalue weighted by molar-refractivity contribution is 0.102. The number of hydrogen-bond acceptors (Lipinski definition) is 5. The molecule has 1 aromatic heterocycles. The fourth-order valence-corrected chi connectivity index (χ4v) is 3.67. The largest absolute Gasteiger partial charge is 0.416 e. The highest BCUT2D eigenvalue weighted by Gasteiger charge is 2.15. The van der Waals surface area contributed by atoms with E-state index in [0.29, 0.717) is 29.2 Å². The molecule has 0 radical (unpaired) electrons. The minimum Gasteiger partial charge on any atom is -0.416 e. The lowest BCUT2D eigenvalue weighted by Gasteiger charge is -2.08. The van der Waals surface area contributed by atoms with Gasteiger partial charge in [-0.1, -0.05) is 55.1 Å². The number of carbonyl (C=O) groups is 1. The van der Waals surface area contributed by atoms with E-state index in [4.69, 9.17) is 4.42 Å². The van der Waals surface area contributed by atoms with Crippen LogP contribution in [0, 0.1) is 20.8 Å². The molecule has 2 aromatic carbocycles. The quantitative estimate of drug-likeness (QED) is 0.410. The lowest BCUT2D eigenvalue weighted by Crippen LogP contribution is -2.06. The molecule has 0 N–H and O–H groups in total. The first kappa shape index (κ1) is 19.4. The molecule has 0 bridgehead atoms. The number of aromatic nitrogens is 2. The van der Waals surface area contributed by atoms with Crippen molar-refractivity contribution in [1.29, 1.82) is 0 Å². The highest BCUT2D eigenvalue weighted by Crippen LogP contribution is 2.24. The average molecular weight is 381 g/mol. The third-order valence-corrected chi connectivity index (χ3v) is 5.58. The molecule has 0 spiro atoms. The maximum absolute atomic E-state index is 12.6. The van der Waals surface area contributed by atoms with E-state index in [9.17, 15) is 4.79 Å². The van der Waals surface area contributed by atoms with Gasteiger partial charge in [0.15, 0.2) is 5.78 Å². The van der Waals surface area contributed by atoms with Crippen molar-refractivity contribution in [3.8, 4) is 0 Å². The van der Waals surface area contributed by atoms with Gasteiger partial charge in [-0.25, -0.2) is 0 Å². The molecule has 0 fully saturated rings. The van der Waals surface area contributed by atoms with Gasteiger partial charge in [0.1, 0.15) is 0 Å². The van der Waals surface area contributed by atoms with Crippen LogP contribution in [-0.2, 0) is 6.42 Å². The molecular weight excluding hydrogens is 356 g/mol. The fourth-order valence-electron chi connectivity index (χ4n) is 3.01. The summed E-state index contributed by atoms with van der Waals surface area (Å²) in [7, 11) is 0. The average Bonchev–Trinajstić information content (AvgIpc) is 3.10. The molecule has 0 aliphatic heterocycles. The normalized spacial score (nSPS) is 12.1. The number of thioether (sulfide) groups is 1. The predicted molar refractivity (Wildman–Crippen MR) is 109 cm³/mol. The minimum absolute atomic E-state index is 0.0815. The van der Waals surface area contributed by atoms with Gasteiger partial charge < -0.3 is 4.42 Å². The van der Waals surface area contributed by atoms with Crippen molar-refractivity contribution in [2.24, 2.45) is 0 Å². The molecule has 3 aromatic rings. The third-order valence-electron chi connectivity index (χ3n) is 4.77. The fraction of sp³-hybridized carbons (Fsp3) is 0.318. The van der Waals surface area contributed by atoms with Crippen molar-refractivity contribution in [3.05, 3.63) is 76.2 Å². The van der Waals surface area contributed by atoms with E-state index < -0.39 is 0 Å². The molecular formula is C22H24N2O2S. The van der Waals surface area contributed by atoms with Gasteiger partial charge in [0.25, 0.3) is 5.22 Å². The van der Waals surface area contributed by atoms with Gasteiger partial charge in [-0.05, 0) is 55.0 Å². The summed E-state index contributed by atoms with van der Waals surface area (Å²) < 4.78 is 5.72. The molecule has 0 aliphatic rings. The summed E-state index contributed by atoms with van der Waals surface area (Å²) >= 11 is 1.30. The zero-order valence-corrected chi connectivity index (χ0v) is 17.0. The van der Waals surface area contributed by atoms with Gasteiger partial charge in [0.05, 0.1) is 5.75 Å². The molecule has 0 aliphatic carbocycles. The van der Waals surface area contributed by atoms with Crippen molar-refractivity contribution in [2.45, 2.75) is 45.3 Å². The highest BCUT2D eigenvalue weighted by atomic mass is 32.2. The number of aryl methyl sites for hydroxylation is 3. The Labute approximate surface area is 164 Å². The topological polar surface area (TPSA) is 56.0 Å². The van der Waals surface area contributed by atoms with Crippen LogP contribution in [0.5, 0.6) is 0 Å². The Morgan fingerprint density at radius 2 is 1.74 bits per heavy atom. The van der Waals surface area contributed by atoms with Crippen LogP contribution >= 0.6 is 11.8 Å². The maximum Gasteiger partial charge on any atom is 0.277 e. The Balaban J connectivity index is 1.60. The van der Waals surface area contributed by atoms with Gasteiger partial charge in [-0.2, -0.15) is 0 Å². The number of carbonyl (C=O) groups excluding carboxylic acids is 1. The van der Waals surface area contributed by atoms with E-state index in [1.54, 1.807) is 0 Å². The number of rotatable bonds is 7. The number of hydrogen-bond donors (Lipinski definition) is 0. The second-order valence-corrected chi connectivity index (χ2v) is 7.87. The SMILES string of the molecule is Cc1cc(C)c(C(=O)CSc2nnc(CC(C)c3ccccc3)o2)cc1C. The molecule has 1 unspecified atom stereocenters. The third kappa shape index (κ3) is 4.86. The molecule has 140 valence electrons. The van der Waals surface area contributed by atoms with E-state index in [-0.39, 0.29) is 5.78 Å². The molecule has 1 atom stereocenters. The molecule has 27 heavy (non-hydrogen) atoms. The van der Waals surface area contributed by atoms with Crippen LogP contribution in [0.15, 0.2) is 52.1 Å². The molecule has 1 heterocycles. The van der Waals surface area contributed by atoms with Crippen LogP contribution in [0.1, 0.15) is 51.3 Å². The van der Waals surface area contributed by atoms with Gasteiger partial charge in [-0.3, -0.25) is 4.79 Å². The van der Waals surface area contributed by atoms with E-state index in [2.05, 4.69) is 42.2 Å². The number of nitrogens with zero attached hydrogens (tertiary/aromatic N) is 2. The van der Waals surface area contributed by atoms with E-state index in [0.717, 1.165) is 16.7 Å². The Bertz CT molecular complexity index is 935. The smallest absolute Gasteiger partial charge is 0.277 e. The standard InChI is InChI=1S/C22H24N2O2S/c1-14-10-17(4)19(11-15(14)2)20(25)13-27-22-24-23-21(26-22)12-16(3)18-8-6-5-7-9-18/h5-11,16H,12-13H2,1-4H3. The number of ketones is 1. The summed E-state index contributed by atoms with van der Waals surface area (Å²) in [6, 6.07) is 14.3. The van der Waals surface area contributed by atoms with Crippen LogP contribution < -0.4 is 0 Å². The summed E-state index contributed by atoms with van der Waals surface area (Å²) in [5.41, 5.74) is 5.34. The molecule has 5 heteroatoms. The summed E-state index contributed by atoms with van der Waals surface area (Å²) in [6.45, 7) is 8.19. The van der Waals surface area contributed by atoms with Gasteiger partial charge in [0, 0.05) is 12.0 Å². The lowest BCUT2D eigenvalue weighted by atomic mass is 9.98. The predicted octanol–water partition coefficient (Wildman–Crippen LogP) is 5.32. The first-order valence-electron chi connectivity index (χ1n) is 9.05. The van der Waals surface area contributed by atoms with Crippen molar-refractivity contribution in [2.75, 3.05) is 5.75 Å². The molecule has 0 amide bonds. The Kier molecular flexibility index (Phi) is 6.11. The maximum atomic E-state index is 12.6. The van der Waals surface area contributed by atoms with Crippen molar-refractivity contribution >= 4 is 17.5 Å².